The molecule has 0 saturated heterocycles. The maximum absolute atomic E-state index is 11.8. The molecule has 0 fully saturated rings. The first-order chi connectivity index (χ1) is 7.58. The molecule has 0 aliphatic heterocycles. The Bertz CT molecular complexity index is 525. The van der Waals surface area contributed by atoms with Crippen molar-refractivity contribution in [3.8, 4) is 0 Å². The van der Waals surface area contributed by atoms with Gasteiger partial charge in [-0.15, -0.1) is 0 Å². The summed E-state index contributed by atoms with van der Waals surface area (Å²) in [6.45, 7) is 1.85. The third kappa shape index (κ3) is 1.81. The summed E-state index contributed by atoms with van der Waals surface area (Å²) in [4.78, 5) is 11.8. The van der Waals surface area contributed by atoms with Gasteiger partial charge in [0.15, 0.2) is 5.82 Å². The predicted molar refractivity (Wildman–Crippen MR) is 59.1 cm³/mol. The van der Waals surface area contributed by atoms with Gasteiger partial charge in [-0.2, -0.15) is 10.2 Å². The van der Waals surface area contributed by atoms with Crippen LogP contribution in [0.1, 0.15) is 16.1 Å². The molecular formula is C10H13N5O. The normalized spacial score (nSPS) is 10.4. The zero-order valence-electron chi connectivity index (χ0n) is 9.43. The molecule has 0 aromatic carbocycles. The molecule has 2 aromatic heterocycles. The number of rotatable bonds is 2. The number of carbonyl (C=O) groups is 1. The first-order valence-electron chi connectivity index (χ1n) is 4.87. The second kappa shape index (κ2) is 3.80. The number of nitrogens with one attached hydrogen (secondary N) is 1. The Morgan fingerprint density at radius 2 is 2.19 bits per heavy atom. The quantitative estimate of drug-likeness (QED) is 0.809. The van der Waals surface area contributed by atoms with Crippen molar-refractivity contribution < 1.29 is 4.79 Å². The van der Waals surface area contributed by atoms with Crippen molar-refractivity contribution in [3.63, 3.8) is 0 Å². The fourth-order valence-electron chi connectivity index (χ4n) is 1.39. The van der Waals surface area contributed by atoms with Crippen molar-refractivity contribution in [2.24, 2.45) is 14.1 Å². The lowest BCUT2D eigenvalue weighted by Gasteiger charge is -2.00. The van der Waals surface area contributed by atoms with Crippen LogP contribution in [-0.4, -0.2) is 25.5 Å². The largest absolute Gasteiger partial charge is 0.305 e. The summed E-state index contributed by atoms with van der Waals surface area (Å²) in [6, 6.07) is 1.74. The number of nitrogens with zero attached hydrogens (tertiary/aromatic N) is 4. The van der Waals surface area contributed by atoms with Crippen LogP contribution in [0.25, 0.3) is 0 Å². The summed E-state index contributed by atoms with van der Waals surface area (Å²) in [5, 5.41) is 10.8. The van der Waals surface area contributed by atoms with Crippen molar-refractivity contribution in [2.45, 2.75) is 6.92 Å². The Balaban J connectivity index is 2.18. The Kier molecular flexibility index (Phi) is 2.47. The van der Waals surface area contributed by atoms with Gasteiger partial charge in [0.1, 0.15) is 0 Å². The van der Waals surface area contributed by atoms with Gasteiger partial charge in [0.2, 0.25) is 0 Å². The van der Waals surface area contributed by atoms with Crippen LogP contribution in [0.4, 0.5) is 5.82 Å². The van der Waals surface area contributed by atoms with E-state index in [1.807, 2.05) is 6.92 Å². The molecule has 0 bridgehead atoms. The molecule has 6 heteroatoms. The summed E-state index contributed by atoms with van der Waals surface area (Å²) in [5.74, 6) is 0.347. The summed E-state index contributed by atoms with van der Waals surface area (Å²) >= 11 is 0. The predicted octanol–water partition coefficient (Wildman–Crippen LogP) is 0.714. The van der Waals surface area contributed by atoms with Crippen molar-refractivity contribution in [3.05, 3.63) is 29.7 Å². The van der Waals surface area contributed by atoms with Crippen molar-refractivity contribution in [1.82, 2.24) is 19.6 Å². The molecule has 0 aliphatic carbocycles. The van der Waals surface area contributed by atoms with Crippen LogP contribution in [0.5, 0.6) is 0 Å². The first-order valence-corrected chi connectivity index (χ1v) is 4.87. The van der Waals surface area contributed by atoms with Gasteiger partial charge in [-0.05, 0) is 6.92 Å². The molecule has 1 N–H and O–H groups in total. The molecule has 2 heterocycles. The Morgan fingerprint density at radius 3 is 2.69 bits per heavy atom. The third-order valence-electron chi connectivity index (χ3n) is 2.44. The molecule has 0 unspecified atom stereocenters. The van der Waals surface area contributed by atoms with Crippen LogP contribution in [0.15, 0.2) is 18.5 Å². The van der Waals surface area contributed by atoms with E-state index in [0.717, 1.165) is 5.69 Å². The molecule has 0 saturated carbocycles. The Labute approximate surface area is 92.9 Å². The van der Waals surface area contributed by atoms with Gasteiger partial charge >= 0.3 is 0 Å². The van der Waals surface area contributed by atoms with E-state index in [0.29, 0.717) is 11.4 Å². The van der Waals surface area contributed by atoms with E-state index in [4.69, 9.17) is 0 Å². The molecule has 2 aromatic rings. The highest BCUT2D eigenvalue weighted by Gasteiger charge is 2.13. The summed E-state index contributed by atoms with van der Waals surface area (Å²) in [7, 11) is 3.60. The average molecular weight is 219 g/mol. The number of carbonyl (C=O) groups excluding carboxylic acids is 1. The van der Waals surface area contributed by atoms with Gasteiger partial charge in [-0.1, -0.05) is 0 Å². The molecule has 0 spiro atoms. The van der Waals surface area contributed by atoms with E-state index in [1.54, 1.807) is 41.9 Å². The smallest absolute Gasteiger partial charge is 0.260 e. The lowest BCUT2D eigenvalue weighted by Crippen LogP contribution is -2.13. The maximum atomic E-state index is 11.8. The zero-order chi connectivity index (χ0) is 11.7. The van der Waals surface area contributed by atoms with Gasteiger partial charge in [0.05, 0.1) is 11.8 Å². The molecule has 0 radical (unpaired) electrons. The molecule has 2 rings (SSSR count). The van der Waals surface area contributed by atoms with Gasteiger partial charge < -0.3 is 5.32 Å². The van der Waals surface area contributed by atoms with Gasteiger partial charge in [0, 0.05) is 32.1 Å². The van der Waals surface area contributed by atoms with Gasteiger partial charge in [-0.3, -0.25) is 14.2 Å². The third-order valence-corrected chi connectivity index (χ3v) is 2.44. The van der Waals surface area contributed by atoms with Crippen molar-refractivity contribution in [1.29, 1.82) is 0 Å². The molecule has 6 nitrogen and oxygen atoms in total. The molecular weight excluding hydrogens is 206 g/mol. The second-order valence-electron chi connectivity index (χ2n) is 3.60. The van der Waals surface area contributed by atoms with E-state index in [2.05, 4.69) is 15.5 Å². The van der Waals surface area contributed by atoms with Crippen LogP contribution in [0.2, 0.25) is 0 Å². The first kappa shape index (κ1) is 10.4. The van der Waals surface area contributed by atoms with Crippen LogP contribution < -0.4 is 5.32 Å². The van der Waals surface area contributed by atoms with Crippen molar-refractivity contribution in [2.75, 3.05) is 5.32 Å². The highest BCUT2D eigenvalue weighted by atomic mass is 16.1. The zero-order valence-corrected chi connectivity index (χ0v) is 9.43. The van der Waals surface area contributed by atoms with Gasteiger partial charge in [-0.25, -0.2) is 0 Å². The topological polar surface area (TPSA) is 64.7 Å². The summed E-state index contributed by atoms with van der Waals surface area (Å²) < 4.78 is 3.29. The molecule has 16 heavy (non-hydrogen) atoms. The van der Waals surface area contributed by atoms with Gasteiger partial charge in [0.25, 0.3) is 5.91 Å². The Hall–Kier alpha value is -2.11. The maximum Gasteiger partial charge on any atom is 0.260 e. The lowest BCUT2D eigenvalue weighted by molar-refractivity contribution is 0.102. The molecule has 1 amide bonds. The van der Waals surface area contributed by atoms with E-state index in [9.17, 15) is 4.79 Å². The van der Waals surface area contributed by atoms with Crippen molar-refractivity contribution >= 4 is 11.7 Å². The Morgan fingerprint density at radius 1 is 1.44 bits per heavy atom. The minimum atomic E-state index is -0.190. The fraction of sp³-hybridized carbons (Fsp3) is 0.300. The van der Waals surface area contributed by atoms with E-state index < -0.39 is 0 Å². The summed E-state index contributed by atoms with van der Waals surface area (Å²) in [6.07, 6.45) is 3.32. The van der Waals surface area contributed by atoms with Crippen LogP contribution >= 0.6 is 0 Å². The minimum Gasteiger partial charge on any atom is -0.305 e. The summed E-state index contributed by atoms with van der Waals surface area (Å²) in [5.41, 5.74) is 1.39. The average Bonchev–Trinajstić information content (AvgIpc) is 2.76. The standard InChI is InChI=1S/C10H13N5O/c1-7-8(6-11-15(7)3)10(16)12-9-4-5-14(2)13-9/h4-6H,1-3H3,(H,12,13,16). The lowest BCUT2D eigenvalue weighted by atomic mass is 10.2. The SMILES string of the molecule is Cc1c(C(=O)Nc2ccn(C)n2)cnn1C. The van der Waals surface area contributed by atoms with E-state index >= 15 is 0 Å². The molecule has 0 aliphatic rings. The highest BCUT2D eigenvalue weighted by Crippen LogP contribution is 2.09. The molecule has 84 valence electrons. The number of anilines is 1. The van der Waals surface area contributed by atoms with Crippen LogP contribution in [0.3, 0.4) is 0 Å². The monoisotopic (exact) mass is 219 g/mol. The number of hydrogen-bond acceptors (Lipinski definition) is 3. The van der Waals surface area contributed by atoms with E-state index in [1.165, 1.54) is 0 Å². The van der Waals surface area contributed by atoms with Crippen LogP contribution in [-0.2, 0) is 14.1 Å². The fourth-order valence-corrected chi connectivity index (χ4v) is 1.39. The number of aryl methyl sites for hydroxylation is 2. The van der Waals surface area contributed by atoms with E-state index in [-0.39, 0.29) is 5.91 Å². The molecule has 0 atom stereocenters. The number of hydrogen-bond donors (Lipinski definition) is 1. The van der Waals surface area contributed by atoms with Crippen LogP contribution in [0, 0.1) is 6.92 Å². The second-order valence-corrected chi connectivity index (χ2v) is 3.60. The number of amides is 1. The number of aromatic nitrogens is 4. The minimum absolute atomic E-state index is 0.190. The highest BCUT2D eigenvalue weighted by molar-refractivity contribution is 6.04.